The predicted octanol–water partition coefficient (Wildman–Crippen LogP) is 5.08. The number of carbonyl (C=O) groups is 2. The number of benzene rings is 2. The number of methoxy groups -OCH3 is 1. The topological polar surface area (TPSA) is 81.4 Å². The number of esters is 1. The van der Waals surface area contributed by atoms with E-state index in [2.05, 4.69) is 11.9 Å². The number of aromatic carboxylic acids is 1. The summed E-state index contributed by atoms with van der Waals surface area (Å²) in [4.78, 5) is 28.1. The highest BCUT2D eigenvalue weighted by molar-refractivity contribution is 6.32. The average Bonchev–Trinajstić information content (AvgIpc) is 3.06. The van der Waals surface area contributed by atoms with E-state index < -0.39 is 11.9 Å². The molecule has 7 heteroatoms. The lowest BCUT2D eigenvalue weighted by molar-refractivity contribution is 0.0588. The maximum atomic E-state index is 12.2. The fourth-order valence-electron chi connectivity index (χ4n) is 3.35. The fraction of sp³-hybridized carbons (Fsp3) is 0.261. The molecule has 0 aliphatic carbocycles. The fourth-order valence-corrected chi connectivity index (χ4v) is 3.62. The van der Waals surface area contributed by atoms with Gasteiger partial charge in [-0.1, -0.05) is 67.4 Å². The Labute approximate surface area is 180 Å². The first kappa shape index (κ1) is 21.6. The molecule has 3 rings (SSSR count). The van der Waals surface area contributed by atoms with Gasteiger partial charge in [-0.15, -0.1) is 0 Å². The van der Waals surface area contributed by atoms with Crippen molar-refractivity contribution in [1.29, 1.82) is 0 Å². The number of rotatable bonds is 8. The Morgan fingerprint density at radius 1 is 1.13 bits per heavy atom. The number of carbonyl (C=O) groups excluding carboxylic acids is 1. The monoisotopic (exact) mass is 426 g/mol. The number of aryl methyl sites for hydroxylation is 1. The lowest BCUT2D eigenvalue weighted by atomic mass is 9.99. The van der Waals surface area contributed by atoms with E-state index in [1.165, 1.54) is 7.11 Å². The smallest absolute Gasteiger partial charge is 0.357 e. The number of aromatic nitrogens is 2. The van der Waals surface area contributed by atoms with Crippen molar-refractivity contribution in [2.75, 3.05) is 7.11 Å². The Morgan fingerprint density at radius 2 is 1.83 bits per heavy atom. The van der Waals surface area contributed by atoms with Gasteiger partial charge in [0.15, 0.2) is 10.8 Å². The number of carboxylic acid groups (broad SMARTS) is 1. The van der Waals surface area contributed by atoms with Crippen LogP contribution < -0.4 is 0 Å². The second-order valence-electron chi connectivity index (χ2n) is 6.90. The van der Waals surface area contributed by atoms with Crippen molar-refractivity contribution in [2.24, 2.45) is 0 Å². The van der Waals surface area contributed by atoms with E-state index in [0.717, 1.165) is 29.8 Å². The summed E-state index contributed by atoms with van der Waals surface area (Å²) >= 11 is 6.23. The Morgan fingerprint density at radius 3 is 2.47 bits per heavy atom. The minimum atomic E-state index is -0.967. The third kappa shape index (κ3) is 4.54. The normalized spacial score (nSPS) is 10.8. The van der Waals surface area contributed by atoms with E-state index in [4.69, 9.17) is 16.3 Å². The molecule has 0 aliphatic heterocycles. The van der Waals surface area contributed by atoms with Crippen LogP contribution in [0.15, 0.2) is 48.5 Å². The molecule has 3 aromatic rings. The largest absolute Gasteiger partial charge is 0.478 e. The van der Waals surface area contributed by atoms with Crippen molar-refractivity contribution in [2.45, 2.75) is 32.7 Å². The number of hydrogen-bond acceptors (Lipinski definition) is 4. The van der Waals surface area contributed by atoms with Gasteiger partial charge in [-0.05, 0) is 29.2 Å². The van der Waals surface area contributed by atoms with Gasteiger partial charge in [-0.25, -0.2) is 14.6 Å². The molecule has 1 aromatic heterocycles. The summed E-state index contributed by atoms with van der Waals surface area (Å²) in [6.07, 6.45) is 2.63. The van der Waals surface area contributed by atoms with Crippen LogP contribution in [0.4, 0.5) is 0 Å². The van der Waals surface area contributed by atoms with Crippen molar-refractivity contribution in [3.05, 3.63) is 76.3 Å². The van der Waals surface area contributed by atoms with Gasteiger partial charge in [-0.3, -0.25) is 0 Å². The number of carboxylic acids is 1. The third-order valence-corrected chi connectivity index (χ3v) is 5.16. The molecule has 1 N–H and O–H groups in total. The van der Waals surface area contributed by atoms with Gasteiger partial charge in [0.2, 0.25) is 0 Å². The van der Waals surface area contributed by atoms with Crippen molar-refractivity contribution in [3.8, 4) is 11.1 Å². The van der Waals surface area contributed by atoms with Crippen LogP contribution in [0.5, 0.6) is 0 Å². The summed E-state index contributed by atoms with van der Waals surface area (Å²) in [5.74, 6) is -0.754. The van der Waals surface area contributed by atoms with Crippen molar-refractivity contribution in [3.63, 3.8) is 0 Å². The molecule has 0 aliphatic rings. The van der Waals surface area contributed by atoms with E-state index >= 15 is 0 Å². The number of hydrogen-bond donors (Lipinski definition) is 1. The van der Waals surface area contributed by atoms with E-state index in [0.29, 0.717) is 18.5 Å². The summed E-state index contributed by atoms with van der Waals surface area (Å²) in [5.41, 5.74) is 2.89. The first-order valence-corrected chi connectivity index (χ1v) is 10.1. The first-order valence-electron chi connectivity index (χ1n) is 9.71. The molecule has 2 aromatic carbocycles. The molecule has 0 radical (unpaired) electrons. The van der Waals surface area contributed by atoms with E-state index in [1.54, 1.807) is 22.8 Å². The molecule has 6 nitrogen and oxygen atoms in total. The molecule has 0 fully saturated rings. The zero-order valence-corrected chi connectivity index (χ0v) is 17.6. The highest BCUT2D eigenvalue weighted by Gasteiger charge is 2.22. The van der Waals surface area contributed by atoms with Crippen LogP contribution >= 0.6 is 11.6 Å². The number of halogens is 1. The van der Waals surface area contributed by atoms with E-state index in [-0.39, 0.29) is 16.4 Å². The maximum Gasteiger partial charge on any atom is 0.357 e. The molecule has 0 saturated carbocycles. The molecule has 0 atom stereocenters. The molecule has 0 amide bonds. The van der Waals surface area contributed by atoms with Crippen LogP contribution in [0, 0.1) is 0 Å². The Balaban J connectivity index is 1.94. The highest BCUT2D eigenvalue weighted by atomic mass is 35.5. The molecular formula is C23H23ClN2O4. The maximum absolute atomic E-state index is 12.2. The number of ether oxygens (including phenoxy) is 1. The van der Waals surface area contributed by atoms with Crippen LogP contribution in [-0.4, -0.2) is 33.7 Å². The van der Waals surface area contributed by atoms with Gasteiger partial charge >= 0.3 is 11.9 Å². The predicted molar refractivity (Wildman–Crippen MR) is 115 cm³/mol. The SMILES string of the molecule is CCCCc1nc(Cl)c(C(=O)OC)n1Cc1ccc(-c2ccccc2C(=O)O)cc1. The van der Waals surface area contributed by atoms with Gasteiger partial charge in [0.25, 0.3) is 0 Å². The standard InChI is InChI=1S/C23H23ClN2O4/c1-3-4-9-19-25-21(24)20(23(29)30-2)26(19)14-15-10-12-16(13-11-15)17-7-5-6-8-18(17)22(27)28/h5-8,10-13H,3-4,9,14H2,1-2H3,(H,27,28). The second kappa shape index (κ2) is 9.59. The molecule has 30 heavy (non-hydrogen) atoms. The van der Waals surface area contributed by atoms with Gasteiger partial charge in [0, 0.05) is 13.0 Å². The lowest BCUT2D eigenvalue weighted by Gasteiger charge is -2.12. The zero-order valence-electron chi connectivity index (χ0n) is 16.9. The van der Waals surface area contributed by atoms with Crippen LogP contribution in [0.3, 0.4) is 0 Å². The number of imidazole rings is 1. The third-order valence-electron chi connectivity index (χ3n) is 4.90. The van der Waals surface area contributed by atoms with Crippen LogP contribution in [0.1, 0.15) is 52.0 Å². The Kier molecular flexibility index (Phi) is 6.90. The van der Waals surface area contributed by atoms with E-state index in [1.807, 2.05) is 30.3 Å². The lowest BCUT2D eigenvalue weighted by Crippen LogP contribution is -2.14. The summed E-state index contributed by atoms with van der Waals surface area (Å²) < 4.78 is 6.68. The van der Waals surface area contributed by atoms with Crippen LogP contribution in [0.2, 0.25) is 5.15 Å². The molecule has 1 heterocycles. The van der Waals surface area contributed by atoms with E-state index in [9.17, 15) is 14.7 Å². The van der Waals surface area contributed by atoms with Gasteiger partial charge in [0.1, 0.15) is 5.82 Å². The zero-order chi connectivity index (χ0) is 21.7. The second-order valence-corrected chi connectivity index (χ2v) is 7.25. The first-order chi connectivity index (χ1) is 14.5. The highest BCUT2D eigenvalue weighted by Crippen LogP contribution is 2.26. The minimum Gasteiger partial charge on any atom is -0.478 e. The Bertz CT molecular complexity index is 1060. The number of unbranched alkanes of at least 4 members (excludes halogenated alkanes) is 1. The molecule has 0 bridgehead atoms. The molecular weight excluding hydrogens is 404 g/mol. The van der Waals surface area contributed by atoms with Crippen molar-refractivity contribution >= 4 is 23.5 Å². The Hall–Kier alpha value is -3.12. The summed E-state index contributed by atoms with van der Waals surface area (Å²) in [5, 5.41) is 9.56. The quantitative estimate of drug-likeness (QED) is 0.508. The summed E-state index contributed by atoms with van der Waals surface area (Å²) in [6, 6.07) is 14.5. The van der Waals surface area contributed by atoms with Crippen LogP contribution in [0.25, 0.3) is 11.1 Å². The average molecular weight is 427 g/mol. The van der Waals surface area contributed by atoms with Crippen molar-refractivity contribution in [1.82, 2.24) is 9.55 Å². The minimum absolute atomic E-state index is 0.139. The summed E-state index contributed by atoms with van der Waals surface area (Å²) in [7, 11) is 1.32. The van der Waals surface area contributed by atoms with Gasteiger partial charge < -0.3 is 14.4 Å². The van der Waals surface area contributed by atoms with Gasteiger partial charge in [0.05, 0.1) is 12.7 Å². The number of nitrogens with zero attached hydrogens (tertiary/aromatic N) is 2. The summed E-state index contributed by atoms with van der Waals surface area (Å²) in [6.45, 7) is 2.49. The van der Waals surface area contributed by atoms with Crippen LogP contribution in [-0.2, 0) is 17.7 Å². The molecule has 0 spiro atoms. The van der Waals surface area contributed by atoms with Gasteiger partial charge in [-0.2, -0.15) is 0 Å². The molecule has 156 valence electrons. The molecule has 0 unspecified atom stereocenters. The van der Waals surface area contributed by atoms with Crippen molar-refractivity contribution < 1.29 is 19.4 Å². The molecule has 0 saturated heterocycles.